The van der Waals surface area contributed by atoms with Crippen molar-refractivity contribution < 1.29 is 9.53 Å². The van der Waals surface area contributed by atoms with E-state index in [2.05, 4.69) is 9.32 Å². The van der Waals surface area contributed by atoms with Crippen molar-refractivity contribution in [3.8, 4) is 0 Å². The summed E-state index contributed by atoms with van der Waals surface area (Å²) in [6, 6.07) is 6.64. The van der Waals surface area contributed by atoms with Crippen LogP contribution in [-0.2, 0) is 4.74 Å². The van der Waals surface area contributed by atoms with Gasteiger partial charge in [0, 0.05) is 9.48 Å². The summed E-state index contributed by atoms with van der Waals surface area (Å²) in [5, 5.41) is 0. The Kier molecular flexibility index (Phi) is 3.45. The molecule has 5 heteroatoms. The van der Waals surface area contributed by atoms with Gasteiger partial charge in [-0.2, -0.15) is 0 Å². The molecule has 0 fully saturated rings. The summed E-state index contributed by atoms with van der Waals surface area (Å²) in [5.74, 6) is -0.466. The molecule has 1 aromatic carbocycles. The molecule has 4 nitrogen and oxygen atoms in total. The van der Waals surface area contributed by atoms with Gasteiger partial charge in [0.25, 0.3) is 0 Å². The van der Waals surface area contributed by atoms with Gasteiger partial charge < -0.3 is 4.74 Å². The highest BCUT2D eigenvalue weighted by Crippen LogP contribution is 2.23. The van der Waals surface area contributed by atoms with Crippen LogP contribution in [0.5, 0.6) is 0 Å². The summed E-state index contributed by atoms with van der Waals surface area (Å²) in [4.78, 5) is 21.6. The molecule has 0 radical (unpaired) electrons. The van der Waals surface area contributed by atoms with Crippen molar-refractivity contribution in [1.82, 2.24) is 0 Å². The van der Waals surface area contributed by atoms with Crippen molar-refractivity contribution in [2.24, 2.45) is 4.58 Å². The third-order valence-electron chi connectivity index (χ3n) is 1.43. The Bertz CT molecular complexity index is 327. The molecule has 0 aromatic heterocycles. The fourth-order valence-electron chi connectivity index (χ4n) is 0.865. The van der Waals surface area contributed by atoms with E-state index in [1.807, 2.05) is 0 Å². The minimum absolute atomic E-state index is 0.356. The number of ether oxygens (including phenoxy) is 1. The van der Waals surface area contributed by atoms with Crippen LogP contribution in [0.2, 0.25) is 0 Å². The van der Waals surface area contributed by atoms with Crippen LogP contribution >= 0.6 is 11.9 Å². The highest BCUT2D eigenvalue weighted by atomic mass is 32.2. The maximum Gasteiger partial charge on any atom is 0.339 e. The number of esters is 1. The number of rotatable bonds is 3. The van der Waals surface area contributed by atoms with Crippen LogP contribution in [-0.4, -0.2) is 13.1 Å². The molecular weight excluding hydrogens is 190 g/mol. The molecule has 0 saturated heterocycles. The van der Waals surface area contributed by atoms with Gasteiger partial charge >= 0.3 is 5.97 Å². The first-order valence-corrected chi connectivity index (χ1v) is 4.24. The Labute approximate surface area is 79.4 Å². The molecule has 0 heterocycles. The second kappa shape index (κ2) is 4.61. The van der Waals surface area contributed by atoms with Crippen LogP contribution in [0.1, 0.15) is 10.4 Å². The molecular formula is C8H7NO3S. The number of benzene rings is 1. The predicted octanol–water partition coefficient (Wildman–Crippen LogP) is 2.25. The first-order chi connectivity index (χ1) is 6.29. The van der Waals surface area contributed by atoms with E-state index < -0.39 is 5.97 Å². The molecule has 0 atom stereocenters. The van der Waals surface area contributed by atoms with Crippen LogP contribution in [0.3, 0.4) is 0 Å². The molecule has 0 spiro atoms. The third kappa shape index (κ3) is 2.29. The highest BCUT2D eigenvalue weighted by Gasteiger charge is 2.11. The summed E-state index contributed by atoms with van der Waals surface area (Å²) >= 11 is 0.714. The Morgan fingerprint density at radius 2 is 2.15 bits per heavy atom. The molecule has 68 valence electrons. The van der Waals surface area contributed by atoms with Crippen molar-refractivity contribution >= 4 is 17.9 Å². The quantitative estimate of drug-likeness (QED) is 0.423. The zero-order valence-corrected chi connectivity index (χ0v) is 7.71. The molecule has 1 rings (SSSR count). The van der Waals surface area contributed by atoms with Crippen molar-refractivity contribution in [3.63, 3.8) is 0 Å². The second-order valence-corrected chi connectivity index (χ2v) is 2.93. The first kappa shape index (κ1) is 9.73. The minimum Gasteiger partial charge on any atom is -0.465 e. The lowest BCUT2D eigenvalue weighted by Crippen LogP contribution is -2.02. The van der Waals surface area contributed by atoms with Gasteiger partial charge in [-0.15, -0.1) is 4.91 Å². The maximum atomic E-state index is 11.1. The lowest BCUT2D eigenvalue weighted by Gasteiger charge is -2.01. The van der Waals surface area contributed by atoms with Crippen molar-refractivity contribution in [2.45, 2.75) is 4.90 Å². The normalized spacial score (nSPS) is 9.31. The molecule has 0 aliphatic carbocycles. The summed E-state index contributed by atoms with van der Waals surface area (Å²) in [7, 11) is 1.29. The van der Waals surface area contributed by atoms with Gasteiger partial charge in [-0.1, -0.05) is 12.1 Å². The number of hydrogen-bond donors (Lipinski definition) is 0. The monoisotopic (exact) mass is 197 g/mol. The van der Waals surface area contributed by atoms with Crippen molar-refractivity contribution in [3.05, 3.63) is 34.7 Å². The van der Waals surface area contributed by atoms with Crippen LogP contribution in [0.4, 0.5) is 0 Å². The van der Waals surface area contributed by atoms with Crippen LogP contribution in [0.15, 0.2) is 33.7 Å². The van der Waals surface area contributed by atoms with E-state index in [4.69, 9.17) is 0 Å². The molecule has 0 bridgehead atoms. The lowest BCUT2D eigenvalue weighted by molar-refractivity contribution is 0.0597. The fourth-order valence-corrected chi connectivity index (χ4v) is 1.33. The van der Waals surface area contributed by atoms with Gasteiger partial charge in [0.05, 0.1) is 24.6 Å². The van der Waals surface area contributed by atoms with Gasteiger partial charge in [0.15, 0.2) is 0 Å². The average Bonchev–Trinajstić information content (AvgIpc) is 2.18. The standard InChI is InChI=1S/C8H7NO3S/c1-12-8(10)6-4-2-3-5-7(6)13-9-11/h2-5H,1H3. The Morgan fingerprint density at radius 3 is 2.77 bits per heavy atom. The molecule has 0 unspecified atom stereocenters. The van der Waals surface area contributed by atoms with Crippen molar-refractivity contribution in [1.29, 1.82) is 0 Å². The number of nitroso groups, excluding NO2 is 1. The van der Waals surface area contributed by atoms with E-state index in [0.717, 1.165) is 0 Å². The SMILES string of the molecule is COC(=O)c1ccccc1SN=O. The van der Waals surface area contributed by atoms with Gasteiger partial charge in [0.1, 0.15) is 0 Å². The largest absolute Gasteiger partial charge is 0.465 e. The Morgan fingerprint density at radius 1 is 1.46 bits per heavy atom. The molecule has 0 N–H and O–H groups in total. The van der Waals surface area contributed by atoms with E-state index in [-0.39, 0.29) is 0 Å². The number of nitrogens with zero attached hydrogens (tertiary/aromatic N) is 1. The minimum atomic E-state index is -0.466. The number of carbonyl (C=O) groups excluding carboxylic acids is 1. The lowest BCUT2D eigenvalue weighted by atomic mass is 10.2. The van der Waals surface area contributed by atoms with Crippen molar-refractivity contribution in [2.75, 3.05) is 7.11 Å². The Hall–Kier alpha value is -1.36. The number of carbonyl (C=O) groups is 1. The molecule has 0 amide bonds. The van der Waals surface area contributed by atoms with E-state index in [9.17, 15) is 9.70 Å². The maximum absolute atomic E-state index is 11.1. The van der Waals surface area contributed by atoms with E-state index in [1.165, 1.54) is 7.11 Å². The van der Waals surface area contributed by atoms with Crippen LogP contribution in [0.25, 0.3) is 0 Å². The first-order valence-electron chi connectivity index (χ1n) is 3.46. The molecule has 0 saturated carbocycles. The number of hydrogen-bond acceptors (Lipinski definition) is 5. The topological polar surface area (TPSA) is 55.7 Å². The molecule has 0 aliphatic rings. The average molecular weight is 197 g/mol. The van der Waals surface area contributed by atoms with Crippen LogP contribution in [0, 0.1) is 4.91 Å². The molecule has 1 aromatic rings. The van der Waals surface area contributed by atoms with Gasteiger partial charge in [-0.05, 0) is 12.1 Å². The third-order valence-corrected chi connectivity index (χ3v) is 2.06. The molecule has 13 heavy (non-hydrogen) atoms. The van der Waals surface area contributed by atoms with Gasteiger partial charge in [-0.25, -0.2) is 4.79 Å². The zero-order valence-electron chi connectivity index (χ0n) is 6.89. The van der Waals surface area contributed by atoms with E-state index in [1.54, 1.807) is 24.3 Å². The smallest absolute Gasteiger partial charge is 0.339 e. The summed E-state index contributed by atoms with van der Waals surface area (Å²) in [6.45, 7) is 0. The highest BCUT2D eigenvalue weighted by molar-refractivity contribution is 7.98. The Balaban J connectivity index is 3.03. The van der Waals surface area contributed by atoms with Gasteiger partial charge in [0.2, 0.25) is 0 Å². The van der Waals surface area contributed by atoms with E-state index in [0.29, 0.717) is 22.4 Å². The summed E-state index contributed by atoms with van der Waals surface area (Å²) < 4.78 is 7.17. The second-order valence-electron chi connectivity index (χ2n) is 2.15. The predicted molar refractivity (Wildman–Crippen MR) is 49.4 cm³/mol. The fraction of sp³-hybridized carbons (Fsp3) is 0.125. The van der Waals surface area contributed by atoms with E-state index >= 15 is 0 Å². The summed E-state index contributed by atoms with van der Waals surface area (Å²) in [6.07, 6.45) is 0. The number of methoxy groups -OCH3 is 1. The van der Waals surface area contributed by atoms with Crippen LogP contribution < -0.4 is 0 Å². The molecule has 0 aliphatic heterocycles. The van der Waals surface area contributed by atoms with Gasteiger partial charge in [-0.3, -0.25) is 0 Å². The zero-order chi connectivity index (χ0) is 9.68. The summed E-state index contributed by atoms with van der Waals surface area (Å²) in [5.41, 5.74) is 0.356.